The van der Waals surface area contributed by atoms with Gasteiger partial charge in [0.2, 0.25) is 23.4 Å². The second-order valence-electron chi connectivity index (χ2n) is 12.8. The molecular formula is C34H22Cl2F5N3O9. The molecule has 2 heterocycles. The number of phenols is 1. The van der Waals surface area contributed by atoms with Crippen LogP contribution in [-0.4, -0.2) is 57.6 Å². The zero-order chi connectivity index (χ0) is 38.6. The highest BCUT2D eigenvalue weighted by atomic mass is 35.5. The van der Waals surface area contributed by atoms with Crippen LogP contribution < -0.4 is 19.3 Å². The topological polar surface area (TPSA) is 157 Å². The van der Waals surface area contributed by atoms with Crippen molar-refractivity contribution in [3.8, 4) is 17.2 Å². The Kier molecular flexibility index (Phi) is 8.26. The third-order valence-corrected chi connectivity index (χ3v) is 11.8. The molecule has 7 rings (SSSR count). The van der Waals surface area contributed by atoms with Crippen molar-refractivity contribution < 1.29 is 60.6 Å². The van der Waals surface area contributed by atoms with E-state index in [9.17, 15) is 47.6 Å². The number of phenolic OH excluding ortho intramolecular Hbond substituents is 1. The lowest BCUT2D eigenvalue weighted by Crippen LogP contribution is -2.60. The van der Waals surface area contributed by atoms with Crippen LogP contribution in [0.2, 0.25) is 0 Å². The average molecular weight is 782 g/mol. The SMILES string of the molecule is COc1cc(C2C3=CCC4C(=O)N(c5cccc([N+](=O)[O-])c5)C(=O)C4C3CC3(Cl)C(=O)N(c4c(F)c(F)c(F)c(F)c4F)C(=O)C23Cl)cc(OC)c1O. The van der Waals surface area contributed by atoms with Crippen LogP contribution in [0.1, 0.15) is 24.3 Å². The van der Waals surface area contributed by atoms with E-state index in [1.807, 2.05) is 0 Å². The third-order valence-electron chi connectivity index (χ3n) is 10.4. The summed E-state index contributed by atoms with van der Waals surface area (Å²) in [6, 6.07) is 7.05. The summed E-state index contributed by atoms with van der Waals surface area (Å²) in [6.07, 6.45) is 0.511. The van der Waals surface area contributed by atoms with Crippen LogP contribution >= 0.6 is 23.2 Å². The van der Waals surface area contributed by atoms with Gasteiger partial charge in [-0.2, -0.15) is 0 Å². The molecule has 3 aromatic rings. The molecule has 4 aliphatic rings. The number of aromatic hydroxyl groups is 1. The molecule has 3 aromatic carbocycles. The van der Waals surface area contributed by atoms with Gasteiger partial charge in [0.05, 0.1) is 36.7 Å². The van der Waals surface area contributed by atoms with E-state index in [0.717, 1.165) is 31.3 Å². The molecule has 0 radical (unpaired) electrons. The smallest absolute Gasteiger partial charge is 0.271 e. The van der Waals surface area contributed by atoms with Gasteiger partial charge in [0.15, 0.2) is 44.5 Å². The number of hydrogen-bond acceptors (Lipinski definition) is 9. The van der Waals surface area contributed by atoms with Gasteiger partial charge in [-0.15, -0.1) is 23.2 Å². The van der Waals surface area contributed by atoms with Gasteiger partial charge in [-0.05, 0) is 42.5 Å². The standard InChI is InChI=1S/C34H22Cl2F5N3O9/c1-52-18-8-12(9-19(53-2)28(18)45)21-15-6-7-16-20(30(47)42(29(16)46)13-4-3-5-14(10-13)44(50)51)17(15)11-33(35)31(48)43(32(49)34(21,33)36)27-25(40)23(38)22(37)24(39)26(27)41/h3-6,8-10,16-17,20-21,45H,7,11H2,1-2H3. The molecule has 0 bridgehead atoms. The summed E-state index contributed by atoms with van der Waals surface area (Å²) < 4.78 is 84.1. The maximum atomic E-state index is 15.3. The largest absolute Gasteiger partial charge is 0.502 e. The Labute approximate surface area is 304 Å². The number of nitrogens with zero attached hydrogens (tertiary/aromatic N) is 3. The Morgan fingerprint density at radius 1 is 0.849 bits per heavy atom. The number of carbonyl (C=O) groups excluding carboxylic acids is 4. The fraction of sp³-hybridized carbons (Fsp3) is 0.294. The highest BCUT2D eigenvalue weighted by molar-refractivity contribution is 6.58. The minimum atomic E-state index is -2.83. The Bertz CT molecular complexity index is 2200. The number of benzene rings is 3. The molecule has 3 fully saturated rings. The number of carbonyl (C=O) groups is 4. The number of rotatable bonds is 6. The maximum Gasteiger partial charge on any atom is 0.271 e. The summed E-state index contributed by atoms with van der Waals surface area (Å²) in [5.74, 6) is -24.1. The second kappa shape index (κ2) is 12.1. The number of halogens is 7. The fourth-order valence-corrected chi connectivity index (χ4v) is 8.96. The number of anilines is 2. The van der Waals surface area contributed by atoms with Gasteiger partial charge in [0.25, 0.3) is 17.5 Å². The molecule has 19 heteroatoms. The van der Waals surface area contributed by atoms with Crippen molar-refractivity contribution in [3.63, 3.8) is 0 Å². The Hall–Kier alpha value is -5.29. The number of alkyl halides is 2. The maximum absolute atomic E-state index is 15.3. The van der Waals surface area contributed by atoms with Crippen LogP contribution in [0.3, 0.4) is 0 Å². The van der Waals surface area contributed by atoms with Crippen LogP contribution in [0.15, 0.2) is 48.0 Å². The number of ether oxygens (including phenoxy) is 2. The monoisotopic (exact) mass is 781 g/mol. The number of amides is 4. The Morgan fingerprint density at radius 2 is 1.43 bits per heavy atom. The number of nitro benzene ring substituents is 1. The predicted molar refractivity (Wildman–Crippen MR) is 173 cm³/mol. The first-order valence-corrected chi connectivity index (χ1v) is 16.3. The minimum absolute atomic E-state index is 0.0707. The zero-order valence-corrected chi connectivity index (χ0v) is 28.5. The van der Waals surface area contributed by atoms with Crippen LogP contribution in [0.25, 0.3) is 0 Å². The quantitative estimate of drug-likeness (QED) is 0.0479. The van der Waals surface area contributed by atoms with Crippen LogP contribution in [0, 0.1) is 57.0 Å². The van der Waals surface area contributed by atoms with E-state index in [-0.39, 0.29) is 39.6 Å². The molecule has 0 spiro atoms. The average Bonchev–Trinajstić information content (AvgIpc) is 3.48. The second-order valence-corrected chi connectivity index (χ2v) is 14.0. The molecule has 2 saturated heterocycles. The number of fused-ring (bicyclic) bond motifs is 4. The van der Waals surface area contributed by atoms with E-state index < -0.39 is 115 Å². The van der Waals surface area contributed by atoms with Gasteiger partial charge in [0, 0.05) is 18.1 Å². The van der Waals surface area contributed by atoms with E-state index in [0.29, 0.717) is 0 Å². The van der Waals surface area contributed by atoms with Crippen LogP contribution in [0.4, 0.5) is 39.0 Å². The molecule has 2 aliphatic heterocycles. The lowest BCUT2D eigenvalue weighted by atomic mass is 9.56. The molecule has 4 amide bonds. The van der Waals surface area contributed by atoms with E-state index in [1.165, 1.54) is 30.3 Å². The van der Waals surface area contributed by atoms with Crippen molar-refractivity contribution in [1.29, 1.82) is 0 Å². The lowest BCUT2D eigenvalue weighted by Gasteiger charge is -2.50. The first kappa shape index (κ1) is 36.1. The summed E-state index contributed by atoms with van der Waals surface area (Å²) in [4.78, 5) is 62.5. The van der Waals surface area contributed by atoms with E-state index >= 15 is 8.78 Å². The number of nitro groups is 1. The van der Waals surface area contributed by atoms with Crippen molar-refractivity contribution in [1.82, 2.24) is 0 Å². The first-order valence-electron chi connectivity index (χ1n) is 15.5. The molecule has 1 saturated carbocycles. The summed E-state index contributed by atoms with van der Waals surface area (Å²) in [6.45, 7) is 0. The lowest BCUT2D eigenvalue weighted by molar-refractivity contribution is -0.384. The molecule has 276 valence electrons. The van der Waals surface area contributed by atoms with Gasteiger partial charge in [0.1, 0.15) is 5.69 Å². The summed E-state index contributed by atoms with van der Waals surface area (Å²) in [5.41, 5.74) is -2.46. The van der Waals surface area contributed by atoms with Gasteiger partial charge in [-0.25, -0.2) is 31.8 Å². The minimum Gasteiger partial charge on any atom is -0.502 e. The molecule has 6 atom stereocenters. The molecule has 6 unspecified atom stereocenters. The zero-order valence-electron chi connectivity index (χ0n) is 27.0. The Balaban J connectivity index is 1.45. The first-order chi connectivity index (χ1) is 25.0. The van der Waals surface area contributed by atoms with Crippen molar-refractivity contribution in [2.45, 2.75) is 28.5 Å². The molecule has 53 heavy (non-hydrogen) atoms. The fourth-order valence-electron chi connectivity index (χ4n) is 8.02. The summed E-state index contributed by atoms with van der Waals surface area (Å²) in [7, 11) is 2.32. The van der Waals surface area contributed by atoms with Gasteiger partial charge >= 0.3 is 0 Å². The molecule has 12 nitrogen and oxygen atoms in total. The third kappa shape index (κ3) is 4.65. The molecule has 0 aromatic heterocycles. The van der Waals surface area contributed by atoms with E-state index in [1.54, 1.807) is 0 Å². The van der Waals surface area contributed by atoms with Crippen molar-refractivity contribution >= 4 is 63.9 Å². The number of hydrogen-bond donors (Lipinski definition) is 1. The van der Waals surface area contributed by atoms with E-state index in [2.05, 4.69) is 0 Å². The number of non-ortho nitro benzene ring substituents is 1. The van der Waals surface area contributed by atoms with Crippen molar-refractivity contribution in [3.05, 3.63) is 92.8 Å². The van der Waals surface area contributed by atoms with Gasteiger partial charge < -0.3 is 14.6 Å². The number of allylic oxidation sites excluding steroid dienone is 2. The summed E-state index contributed by atoms with van der Waals surface area (Å²) in [5, 5.41) is 22.2. The van der Waals surface area contributed by atoms with E-state index in [4.69, 9.17) is 32.7 Å². The molecule has 1 N–H and O–H groups in total. The van der Waals surface area contributed by atoms with Crippen LogP contribution in [0.5, 0.6) is 17.2 Å². The van der Waals surface area contributed by atoms with Crippen molar-refractivity contribution in [2.24, 2.45) is 17.8 Å². The van der Waals surface area contributed by atoms with Gasteiger partial charge in [-0.1, -0.05) is 17.7 Å². The van der Waals surface area contributed by atoms with Crippen molar-refractivity contribution in [2.75, 3.05) is 24.0 Å². The Morgan fingerprint density at radius 3 is 2.00 bits per heavy atom. The number of methoxy groups -OCH3 is 2. The molecular weight excluding hydrogens is 760 g/mol. The summed E-state index contributed by atoms with van der Waals surface area (Å²) >= 11 is 14.3. The highest BCUT2D eigenvalue weighted by Crippen LogP contribution is 2.66. The van der Waals surface area contributed by atoms with Crippen LogP contribution in [-0.2, 0) is 19.2 Å². The molecule has 2 aliphatic carbocycles. The predicted octanol–water partition coefficient (Wildman–Crippen LogP) is 5.78. The normalized spacial score (nSPS) is 27.8. The van der Waals surface area contributed by atoms with Gasteiger partial charge in [-0.3, -0.25) is 29.3 Å². The number of imide groups is 2. The highest BCUT2D eigenvalue weighted by Gasteiger charge is 2.77.